The highest BCUT2D eigenvalue weighted by Gasteiger charge is 2.23. The Morgan fingerprint density at radius 1 is 1.28 bits per heavy atom. The van der Waals surface area contributed by atoms with Crippen molar-refractivity contribution in [1.82, 2.24) is 20.1 Å². The van der Waals surface area contributed by atoms with Crippen LogP contribution in [0, 0.1) is 18.7 Å². The summed E-state index contributed by atoms with van der Waals surface area (Å²) in [6.07, 6.45) is 1.89. The molecule has 3 rings (SSSR count). The van der Waals surface area contributed by atoms with E-state index in [0.717, 1.165) is 36.6 Å². The van der Waals surface area contributed by atoms with Crippen molar-refractivity contribution >= 4 is 23.2 Å². The van der Waals surface area contributed by atoms with Crippen LogP contribution >= 0.6 is 11.3 Å². The maximum Gasteiger partial charge on any atom is 0.317 e. The average Bonchev–Trinajstić information content (AvgIpc) is 3.13. The molecule has 1 aliphatic rings. The number of urea groups is 1. The zero-order chi connectivity index (χ0) is 20.8. The lowest BCUT2D eigenvalue weighted by atomic mass is 9.96. The minimum absolute atomic E-state index is 0.0113. The summed E-state index contributed by atoms with van der Waals surface area (Å²) < 4.78 is 13.0. The van der Waals surface area contributed by atoms with Crippen molar-refractivity contribution in [2.75, 3.05) is 33.2 Å². The Labute approximate surface area is 174 Å². The molecule has 0 unspecified atom stereocenters. The smallest absolute Gasteiger partial charge is 0.317 e. The fraction of sp³-hybridized carbons (Fsp3) is 0.476. The third-order valence-electron chi connectivity index (χ3n) is 5.21. The zero-order valence-electron chi connectivity index (χ0n) is 16.9. The molecule has 0 bridgehead atoms. The molecule has 1 aliphatic heterocycles. The number of rotatable bonds is 7. The molecular formula is C21H27FN4O2S. The molecule has 0 saturated carbocycles. The molecule has 156 valence electrons. The van der Waals surface area contributed by atoms with Gasteiger partial charge in [0.2, 0.25) is 0 Å². The van der Waals surface area contributed by atoms with Gasteiger partial charge in [0.15, 0.2) is 5.78 Å². The summed E-state index contributed by atoms with van der Waals surface area (Å²) in [6, 6.07) is 5.60. The van der Waals surface area contributed by atoms with Gasteiger partial charge in [0.05, 0.1) is 23.8 Å². The van der Waals surface area contributed by atoms with Gasteiger partial charge in [-0.1, -0.05) is 0 Å². The lowest BCUT2D eigenvalue weighted by Gasteiger charge is -2.33. The molecular weight excluding hydrogens is 391 g/mol. The van der Waals surface area contributed by atoms with Gasteiger partial charge in [-0.25, -0.2) is 14.2 Å². The van der Waals surface area contributed by atoms with Crippen molar-refractivity contribution in [1.29, 1.82) is 0 Å². The Hall–Kier alpha value is -2.32. The van der Waals surface area contributed by atoms with E-state index in [1.54, 1.807) is 16.2 Å². The van der Waals surface area contributed by atoms with Crippen molar-refractivity contribution in [2.24, 2.45) is 5.92 Å². The number of likely N-dealkylation sites (tertiary alicyclic amines) is 1. The van der Waals surface area contributed by atoms with Crippen molar-refractivity contribution in [2.45, 2.75) is 26.3 Å². The summed E-state index contributed by atoms with van der Waals surface area (Å²) in [6.45, 7) is 5.08. The Kier molecular flexibility index (Phi) is 7.33. The lowest BCUT2D eigenvalue weighted by Crippen LogP contribution is -2.43. The largest absolute Gasteiger partial charge is 0.332 e. The first kappa shape index (κ1) is 21.4. The average molecular weight is 419 g/mol. The number of aryl methyl sites for hydroxylation is 1. The molecule has 0 radical (unpaired) electrons. The van der Waals surface area contributed by atoms with Gasteiger partial charge in [0.25, 0.3) is 0 Å². The molecule has 6 nitrogen and oxygen atoms in total. The van der Waals surface area contributed by atoms with Crippen LogP contribution in [0.2, 0.25) is 0 Å². The number of ketones is 1. The second kappa shape index (κ2) is 9.93. The predicted molar refractivity (Wildman–Crippen MR) is 112 cm³/mol. The number of amides is 2. The van der Waals surface area contributed by atoms with Crippen molar-refractivity contribution < 1.29 is 14.0 Å². The highest BCUT2D eigenvalue weighted by atomic mass is 32.1. The monoisotopic (exact) mass is 418 g/mol. The van der Waals surface area contributed by atoms with Crippen LogP contribution in [-0.2, 0) is 6.54 Å². The number of nitrogens with zero attached hydrogens (tertiary/aromatic N) is 3. The number of aromatic nitrogens is 1. The van der Waals surface area contributed by atoms with E-state index >= 15 is 0 Å². The van der Waals surface area contributed by atoms with Crippen LogP contribution in [0.15, 0.2) is 29.6 Å². The van der Waals surface area contributed by atoms with Crippen LogP contribution in [0.5, 0.6) is 0 Å². The molecule has 2 heterocycles. The van der Waals surface area contributed by atoms with Gasteiger partial charge in [0, 0.05) is 24.5 Å². The van der Waals surface area contributed by atoms with Gasteiger partial charge >= 0.3 is 6.03 Å². The van der Waals surface area contributed by atoms with Gasteiger partial charge in [-0.05, 0) is 63.0 Å². The molecule has 2 amide bonds. The number of piperidine rings is 1. The Morgan fingerprint density at radius 3 is 2.59 bits per heavy atom. The van der Waals surface area contributed by atoms with Crippen LogP contribution in [0.4, 0.5) is 9.18 Å². The maximum absolute atomic E-state index is 13.0. The third kappa shape index (κ3) is 6.33. The summed E-state index contributed by atoms with van der Waals surface area (Å²) in [5.74, 6) is 0.0962. The Morgan fingerprint density at radius 2 is 1.97 bits per heavy atom. The van der Waals surface area contributed by atoms with E-state index in [0.29, 0.717) is 31.1 Å². The maximum atomic E-state index is 13.0. The number of nitrogens with one attached hydrogen (secondary N) is 1. The van der Waals surface area contributed by atoms with Gasteiger partial charge < -0.3 is 10.2 Å². The Bertz CT molecular complexity index is 831. The molecule has 0 spiro atoms. The molecule has 0 atom stereocenters. The van der Waals surface area contributed by atoms with E-state index in [1.165, 1.54) is 24.3 Å². The molecule has 0 aliphatic carbocycles. The molecule has 2 aromatic rings. The SMILES string of the molecule is Cc1nc(CNC(=O)N(C)CC2CCN(CC(=O)c3ccc(F)cc3)CC2)cs1. The lowest BCUT2D eigenvalue weighted by molar-refractivity contribution is 0.0886. The van der Waals surface area contributed by atoms with E-state index in [9.17, 15) is 14.0 Å². The van der Waals surface area contributed by atoms with Crippen molar-refractivity contribution in [3.8, 4) is 0 Å². The molecule has 1 fully saturated rings. The first-order valence-corrected chi connectivity index (χ1v) is 10.7. The first-order valence-electron chi connectivity index (χ1n) is 9.82. The number of hydrogen-bond acceptors (Lipinski definition) is 5. The summed E-state index contributed by atoms with van der Waals surface area (Å²) in [5.41, 5.74) is 1.42. The standard InChI is InChI=1S/C21H27FN4O2S/c1-15-24-19(14-29-15)11-23-21(28)25(2)12-16-7-9-26(10-8-16)13-20(27)17-3-5-18(22)6-4-17/h3-6,14,16H,7-13H2,1-2H3,(H,23,28). The summed E-state index contributed by atoms with van der Waals surface area (Å²) in [5, 5.41) is 5.86. The quantitative estimate of drug-likeness (QED) is 0.701. The molecule has 1 N–H and O–H groups in total. The molecule has 1 aromatic heterocycles. The van der Waals surface area contributed by atoms with E-state index in [1.807, 2.05) is 19.4 Å². The van der Waals surface area contributed by atoms with Crippen LogP contribution in [-0.4, -0.2) is 59.8 Å². The summed E-state index contributed by atoms with van der Waals surface area (Å²) in [4.78, 5) is 32.8. The van der Waals surface area contributed by atoms with Gasteiger partial charge in [-0.15, -0.1) is 11.3 Å². The second-order valence-electron chi connectivity index (χ2n) is 7.55. The van der Waals surface area contributed by atoms with E-state index < -0.39 is 0 Å². The second-order valence-corrected chi connectivity index (χ2v) is 8.61. The molecule has 1 saturated heterocycles. The van der Waals surface area contributed by atoms with Gasteiger partial charge in [-0.3, -0.25) is 9.69 Å². The van der Waals surface area contributed by atoms with Crippen LogP contribution in [0.3, 0.4) is 0 Å². The van der Waals surface area contributed by atoms with Crippen LogP contribution in [0.1, 0.15) is 33.9 Å². The Balaban J connectivity index is 1.38. The van der Waals surface area contributed by atoms with Crippen LogP contribution < -0.4 is 5.32 Å². The third-order valence-corrected chi connectivity index (χ3v) is 6.03. The highest BCUT2D eigenvalue weighted by Crippen LogP contribution is 2.19. The fourth-order valence-electron chi connectivity index (χ4n) is 3.52. The number of thiazole rings is 1. The van der Waals surface area contributed by atoms with E-state index in [-0.39, 0.29) is 17.6 Å². The van der Waals surface area contributed by atoms with E-state index in [2.05, 4.69) is 15.2 Å². The number of halogens is 1. The number of carbonyl (C=O) groups excluding carboxylic acids is 2. The van der Waals surface area contributed by atoms with Gasteiger partial charge in [-0.2, -0.15) is 0 Å². The normalized spacial score (nSPS) is 15.3. The number of hydrogen-bond donors (Lipinski definition) is 1. The van der Waals surface area contributed by atoms with Gasteiger partial charge in [0.1, 0.15) is 5.82 Å². The summed E-state index contributed by atoms with van der Waals surface area (Å²) >= 11 is 1.58. The molecule has 8 heteroatoms. The zero-order valence-corrected chi connectivity index (χ0v) is 17.7. The van der Waals surface area contributed by atoms with Crippen LogP contribution in [0.25, 0.3) is 0 Å². The van der Waals surface area contributed by atoms with Crippen molar-refractivity contribution in [3.05, 3.63) is 51.7 Å². The number of carbonyl (C=O) groups is 2. The number of benzene rings is 1. The molecule has 1 aromatic carbocycles. The topological polar surface area (TPSA) is 65.5 Å². The van der Waals surface area contributed by atoms with E-state index in [4.69, 9.17) is 0 Å². The van der Waals surface area contributed by atoms with Crippen molar-refractivity contribution in [3.63, 3.8) is 0 Å². The molecule has 29 heavy (non-hydrogen) atoms. The fourth-order valence-corrected chi connectivity index (χ4v) is 4.13. The predicted octanol–water partition coefficient (Wildman–Crippen LogP) is 3.33. The number of Topliss-reactive ketones (excluding diaryl/α,β-unsaturated/α-hetero) is 1. The minimum Gasteiger partial charge on any atom is -0.332 e. The highest BCUT2D eigenvalue weighted by molar-refractivity contribution is 7.09. The minimum atomic E-state index is -0.336. The summed E-state index contributed by atoms with van der Waals surface area (Å²) in [7, 11) is 1.81. The first-order chi connectivity index (χ1) is 13.9.